The molecular formula is C20H18FN3O. The summed E-state index contributed by atoms with van der Waals surface area (Å²) in [6.45, 7) is 2.04. The van der Waals surface area contributed by atoms with Gasteiger partial charge in [-0.2, -0.15) is 5.10 Å². The Bertz CT molecular complexity index is 944. The lowest BCUT2D eigenvalue weighted by molar-refractivity contribution is 0.102. The van der Waals surface area contributed by atoms with E-state index in [1.807, 2.05) is 35.9 Å². The zero-order valence-electron chi connectivity index (χ0n) is 13.9. The van der Waals surface area contributed by atoms with Crippen LogP contribution in [0.15, 0.2) is 48.5 Å². The molecule has 2 aromatic carbocycles. The lowest BCUT2D eigenvalue weighted by atomic mass is 10.2. The number of amides is 1. The van der Waals surface area contributed by atoms with Gasteiger partial charge in [0, 0.05) is 16.9 Å². The lowest BCUT2D eigenvalue weighted by Gasteiger charge is -2.06. The molecule has 1 aliphatic rings. The van der Waals surface area contributed by atoms with E-state index >= 15 is 0 Å². The highest BCUT2D eigenvalue weighted by molar-refractivity contribution is 6.04. The Kier molecular flexibility index (Phi) is 3.84. The number of fused-ring (bicyclic) bond motifs is 1. The molecule has 0 saturated carbocycles. The van der Waals surface area contributed by atoms with Crippen LogP contribution in [0.4, 0.5) is 10.1 Å². The van der Waals surface area contributed by atoms with Crippen molar-refractivity contribution in [3.63, 3.8) is 0 Å². The highest BCUT2D eigenvalue weighted by atomic mass is 19.1. The topological polar surface area (TPSA) is 46.9 Å². The Hall–Kier alpha value is -2.95. The van der Waals surface area contributed by atoms with Crippen molar-refractivity contribution in [3.05, 3.63) is 76.9 Å². The molecule has 5 heteroatoms. The van der Waals surface area contributed by atoms with Gasteiger partial charge in [0.05, 0.1) is 5.69 Å². The molecule has 3 aromatic rings. The van der Waals surface area contributed by atoms with Gasteiger partial charge in [-0.05, 0) is 56.5 Å². The minimum absolute atomic E-state index is 0.297. The number of carbonyl (C=O) groups is 1. The summed E-state index contributed by atoms with van der Waals surface area (Å²) in [6.07, 6.45) is 2.76. The smallest absolute Gasteiger partial charge is 0.276 e. The third kappa shape index (κ3) is 2.93. The van der Waals surface area contributed by atoms with Crippen LogP contribution in [0.25, 0.3) is 5.69 Å². The van der Waals surface area contributed by atoms with E-state index in [4.69, 9.17) is 0 Å². The number of hydrogen-bond donors (Lipinski definition) is 1. The fourth-order valence-corrected chi connectivity index (χ4v) is 3.28. The summed E-state index contributed by atoms with van der Waals surface area (Å²) in [7, 11) is 0. The summed E-state index contributed by atoms with van der Waals surface area (Å²) in [6, 6.07) is 14.0. The van der Waals surface area contributed by atoms with Gasteiger partial charge in [-0.25, -0.2) is 9.07 Å². The van der Waals surface area contributed by atoms with E-state index in [-0.39, 0.29) is 11.7 Å². The van der Waals surface area contributed by atoms with Crippen LogP contribution in [0.1, 0.15) is 33.7 Å². The molecule has 0 fully saturated rings. The van der Waals surface area contributed by atoms with Crippen LogP contribution in [0.3, 0.4) is 0 Å². The zero-order chi connectivity index (χ0) is 17.4. The first-order chi connectivity index (χ1) is 12.1. The number of nitrogens with one attached hydrogen (secondary N) is 1. The molecule has 0 radical (unpaired) electrons. The molecule has 1 N–H and O–H groups in total. The Morgan fingerprint density at radius 2 is 1.96 bits per heavy atom. The average molecular weight is 335 g/mol. The molecule has 0 unspecified atom stereocenters. The largest absolute Gasteiger partial charge is 0.320 e. The van der Waals surface area contributed by atoms with Gasteiger partial charge in [-0.3, -0.25) is 4.79 Å². The molecule has 4 nitrogen and oxygen atoms in total. The number of aromatic nitrogens is 2. The monoisotopic (exact) mass is 335 g/mol. The van der Waals surface area contributed by atoms with Gasteiger partial charge >= 0.3 is 0 Å². The molecule has 0 atom stereocenters. The highest BCUT2D eigenvalue weighted by Crippen LogP contribution is 2.28. The molecule has 25 heavy (non-hydrogen) atoms. The molecule has 1 amide bonds. The molecular weight excluding hydrogens is 317 g/mol. The Balaban J connectivity index is 1.69. The van der Waals surface area contributed by atoms with E-state index in [9.17, 15) is 9.18 Å². The van der Waals surface area contributed by atoms with E-state index in [2.05, 4.69) is 10.4 Å². The van der Waals surface area contributed by atoms with Crippen LogP contribution >= 0.6 is 0 Å². The first-order valence-corrected chi connectivity index (χ1v) is 8.36. The number of aryl methyl sites for hydroxylation is 1. The molecule has 1 heterocycles. The van der Waals surface area contributed by atoms with Crippen molar-refractivity contribution in [1.29, 1.82) is 0 Å². The first-order valence-electron chi connectivity index (χ1n) is 8.36. The van der Waals surface area contributed by atoms with Crippen molar-refractivity contribution in [2.24, 2.45) is 0 Å². The summed E-state index contributed by atoms with van der Waals surface area (Å²) in [4.78, 5) is 12.7. The Morgan fingerprint density at radius 3 is 2.72 bits per heavy atom. The van der Waals surface area contributed by atoms with Gasteiger partial charge in [0.15, 0.2) is 5.69 Å². The summed E-state index contributed by atoms with van der Waals surface area (Å²) in [5.74, 6) is -0.678. The highest BCUT2D eigenvalue weighted by Gasteiger charge is 2.27. The number of rotatable bonds is 3. The Labute approximate surface area is 145 Å². The first kappa shape index (κ1) is 15.6. The second-order valence-electron chi connectivity index (χ2n) is 6.34. The quantitative estimate of drug-likeness (QED) is 0.784. The van der Waals surface area contributed by atoms with Crippen LogP contribution in [-0.2, 0) is 12.8 Å². The van der Waals surface area contributed by atoms with E-state index in [1.54, 1.807) is 12.1 Å². The molecule has 4 rings (SSSR count). The number of benzene rings is 2. The van der Waals surface area contributed by atoms with Crippen LogP contribution < -0.4 is 5.32 Å². The van der Waals surface area contributed by atoms with Gasteiger partial charge in [-0.15, -0.1) is 0 Å². The molecule has 1 aliphatic carbocycles. The molecule has 0 spiro atoms. The van der Waals surface area contributed by atoms with Crippen molar-refractivity contribution in [2.45, 2.75) is 26.2 Å². The van der Waals surface area contributed by atoms with Gasteiger partial charge in [0.2, 0.25) is 0 Å². The molecule has 0 aliphatic heterocycles. The number of nitrogens with zero attached hydrogens (tertiary/aromatic N) is 2. The van der Waals surface area contributed by atoms with Gasteiger partial charge in [-0.1, -0.05) is 23.8 Å². The fraction of sp³-hybridized carbons (Fsp3) is 0.200. The number of carbonyl (C=O) groups excluding carboxylic acids is 1. The van der Waals surface area contributed by atoms with Gasteiger partial charge in [0.1, 0.15) is 5.82 Å². The van der Waals surface area contributed by atoms with Crippen LogP contribution in [-0.4, -0.2) is 15.7 Å². The second kappa shape index (κ2) is 6.16. The number of hydrogen-bond acceptors (Lipinski definition) is 2. The molecule has 0 saturated heterocycles. The van der Waals surface area contributed by atoms with Crippen molar-refractivity contribution in [2.75, 3.05) is 5.32 Å². The SMILES string of the molecule is Cc1ccc(-n2nc(C(=O)Nc3cccc(F)c3)c3c2CCC3)cc1. The van der Waals surface area contributed by atoms with Crippen molar-refractivity contribution < 1.29 is 9.18 Å². The maximum Gasteiger partial charge on any atom is 0.276 e. The molecule has 0 bridgehead atoms. The second-order valence-corrected chi connectivity index (χ2v) is 6.34. The van der Waals surface area contributed by atoms with E-state index in [0.29, 0.717) is 11.4 Å². The van der Waals surface area contributed by atoms with Gasteiger partial charge in [0.25, 0.3) is 5.91 Å². The predicted octanol–water partition coefficient (Wildman–Crippen LogP) is 4.06. The predicted molar refractivity (Wildman–Crippen MR) is 94.7 cm³/mol. The van der Waals surface area contributed by atoms with E-state index in [0.717, 1.165) is 36.2 Å². The fourth-order valence-electron chi connectivity index (χ4n) is 3.28. The van der Waals surface area contributed by atoms with E-state index < -0.39 is 0 Å². The van der Waals surface area contributed by atoms with Gasteiger partial charge < -0.3 is 5.32 Å². The van der Waals surface area contributed by atoms with Crippen molar-refractivity contribution in [3.8, 4) is 5.69 Å². The van der Waals surface area contributed by atoms with Crippen molar-refractivity contribution in [1.82, 2.24) is 9.78 Å². The minimum Gasteiger partial charge on any atom is -0.320 e. The maximum atomic E-state index is 13.3. The number of anilines is 1. The Morgan fingerprint density at radius 1 is 1.16 bits per heavy atom. The summed E-state index contributed by atoms with van der Waals surface area (Å²) >= 11 is 0. The summed E-state index contributed by atoms with van der Waals surface area (Å²) in [5.41, 5.74) is 5.08. The summed E-state index contributed by atoms with van der Waals surface area (Å²) in [5, 5.41) is 7.31. The normalized spacial score (nSPS) is 12.9. The van der Waals surface area contributed by atoms with E-state index in [1.165, 1.54) is 17.7 Å². The third-order valence-corrected chi connectivity index (χ3v) is 4.51. The third-order valence-electron chi connectivity index (χ3n) is 4.51. The molecule has 1 aromatic heterocycles. The molecule has 126 valence electrons. The minimum atomic E-state index is -0.381. The summed E-state index contributed by atoms with van der Waals surface area (Å²) < 4.78 is 15.2. The van der Waals surface area contributed by atoms with Crippen molar-refractivity contribution >= 4 is 11.6 Å². The maximum absolute atomic E-state index is 13.3. The zero-order valence-corrected chi connectivity index (χ0v) is 13.9. The number of halogens is 1. The van der Waals surface area contributed by atoms with Crippen LogP contribution in [0, 0.1) is 12.7 Å². The van der Waals surface area contributed by atoms with Crippen LogP contribution in [0.2, 0.25) is 0 Å². The lowest BCUT2D eigenvalue weighted by Crippen LogP contribution is -2.15. The average Bonchev–Trinajstić information content (AvgIpc) is 3.18. The van der Waals surface area contributed by atoms with Crippen LogP contribution in [0.5, 0.6) is 0 Å². The standard InChI is InChI=1S/C20H18FN3O/c1-13-8-10-16(11-9-13)24-18-7-3-6-17(18)19(23-24)20(25)22-15-5-2-4-14(21)12-15/h2,4-5,8-12H,3,6-7H2,1H3,(H,22,25).